The van der Waals surface area contributed by atoms with Crippen LogP contribution in [0.4, 0.5) is 0 Å². The molecule has 106 valence electrons. The maximum Gasteiger partial charge on any atom is 0.144 e. The minimum atomic E-state index is -0.196. The van der Waals surface area contributed by atoms with Crippen LogP contribution in [0, 0.1) is 5.41 Å². The number of amidine groups is 1. The topological polar surface area (TPSA) is 67.8 Å². The van der Waals surface area contributed by atoms with Gasteiger partial charge in [0.15, 0.2) is 0 Å². The van der Waals surface area contributed by atoms with Crippen LogP contribution < -0.4 is 5.73 Å². The SMILES string of the molecule is CC(C)(CCCCSC1CCOCC1)C(N)=NO. The Morgan fingerprint density at radius 2 is 2.06 bits per heavy atom. The summed E-state index contributed by atoms with van der Waals surface area (Å²) >= 11 is 2.07. The molecule has 3 N–H and O–H groups in total. The molecule has 0 spiro atoms. The van der Waals surface area contributed by atoms with Crippen molar-refractivity contribution in [3.8, 4) is 0 Å². The largest absolute Gasteiger partial charge is 0.409 e. The van der Waals surface area contributed by atoms with Crippen molar-refractivity contribution < 1.29 is 9.94 Å². The molecule has 1 saturated heterocycles. The number of ether oxygens (including phenoxy) is 1. The molecule has 4 nitrogen and oxygen atoms in total. The summed E-state index contributed by atoms with van der Waals surface area (Å²) in [4.78, 5) is 0. The zero-order chi connectivity index (χ0) is 13.4. The quantitative estimate of drug-likeness (QED) is 0.246. The molecule has 0 atom stereocenters. The van der Waals surface area contributed by atoms with Crippen molar-refractivity contribution in [1.82, 2.24) is 0 Å². The van der Waals surface area contributed by atoms with Crippen LogP contribution in [-0.4, -0.2) is 35.3 Å². The van der Waals surface area contributed by atoms with E-state index in [2.05, 4.69) is 16.9 Å². The number of unbranched alkanes of at least 4 members (excludes halogenated alkanes) is 1. The van der Waals surface area contributed by atoms with Crippen LogP contribution in [0.3, 0.4) is 0 Å². The molecule has 0 aliphatic carbocycles. The normalized spacial score (nSPS) is 19.1. The first-order chi connectivity index (χ1) is 8.56. The van der Waals surface area contributed by atoms with Gasteiger partial charge in [-0.15, -0.1) is 0 Å². The Balaban J connectivity index is 2.07. The molecule has 1 rings (SSSR count). The minimum absolute atomic E-state index is 0.196. The molecule has 1 heterocycles. The first-order valence-corrected chi connectivity index (χ1v) is 7.78. The maximum absolute atomic E-state index is 8.69. The first kappa shape index (κ1) is 15.6. The van der Waals surface area contributed by atoms with Crippen LogP contribution in [0.25, 0.3) is 0 Å². The Kier molecular flexibility index (Phi) is 6.86. The lowest BCUT2D eigenvalue weighted by Crippen LogP contribution is -2.31. The van der Waals surface area contributed by atoms with Crippen LogP contribution in [-0.2, 0) is 4.74 Å². The average molecular weight is 274 g/mol. The van der Waals surface area contributed by atoms with Gasteiger partial charge in [-0.05, 0) is 31.4 Å². The lowest BCUT2D eigenvalue weighted by atomic mass is 9.86. The van der Waals surface area contributed by atoms with Crippen molar-refractivity contribution >= 4 is 17.6 Å². The van der Waals surface area contributed by atoms with E-state index in [9.17, 15) is 0 Å². The number of nitrogens with zero attached hydrogens (tertiary/aromatic N) is 1. The van der Waals surface area contributed by atoms with Gasteiger partial charge in [0.05, 0.1) is 0 Å². The summed E-state index contributed by atoms with van der Waals surface area (Å²) in [6.07, 6.45) is 5.68. The first-order valence-electron chi connectivity index (χ1n) is 6.73. The lowest BCUT2D eigenvalue weighted by Gasteiger charge is -2.23. The van der Waals surface area contributed by atoms with Crippen LogP contribution in [0.2, 0.25) is 0 Å². The molecule has 0 radical (unpaired) electrons. The number of nitrogens with two attached hydrogens (primary N) is 1. The Labute approximate surface area is 114 Å². The maximum atomic E-state index is 8.69. The van der Waals surface area contributed by atoms with Crippen LogP contribution >= 0.6 is 11.8 Å². The van der Waals surface area contributed by atoms with Crippen molar-refractivity contribution in [2.75, 3.05) is 19.0 Å². The van der Waals surface area contributed by atoms with E-state index < -0.39 is 0 Å². The molecule has 0 bridgehead atoms. The molecule has 1 fully saturated rings. The molecule has 0 aromatic heterocycles. The van der Waals surface area contributed by atoms with Crippen molar-refractivity contribution in [3.63, 3.8) is 0 Å². The standard InChI is InChI=1S/C13H26N2O2S/c1-13(2,12(14)15-16)7-3-4-10-18-11-5-8-17-9-6-11/h11,16H,3-10H2,1-2H3,(H2,14,15). The molecule has 0 amide bonds. The summed E-state index contributed by atoms with van der Waals surface area (Å²) in [5.74, 6) is 1.54. The fourth-order valence-electron chi connectivity index (χ4n) is 2.03. The molecule has 18 heavy (non-hydrogen) atoms. The van der Waals surface area contributed by atoms with E-state index in [4.69, 9.17) is 15.7 Å². The van der Waals surface area contributed by atoms with Crippen molar-refractivity contribution in [1.29, 1.82) is 0 Å². The van der Waals surface area contributed by atoms with Gasteiger partial charge in [-0.2, -0.15) is 11.8 Å². The highest BCUT2D eigenvalue weighted by atomic mass is 32.2. The zero-order valence-corrected chi connectivity index (χ0v) is 12.3. The summed E-state index contributed by atoms with van der Waals surface area (Å²) in [7, 11) is 0. The van der Waals surface area contributed by atoms with Crippen LogP contribution in [0.5, 0.6) is 0 Å². The molecule has 5 heteroatoms. The summed E-state index contributed by atoms with van der Waals surface area (Å²) < 4.78 is 5.35. The predicted octanol–water partition coefficient (Wildman–Crippen LogP) is 2.84. The van der Waals surface area contributed by atoms with E-state index in [0.29, 0.717) is 5.84 Å². The molecular formula is C13H26N2O2S. The van der Waals surface area contributed by atoms with E-state index in [1.165, 1.54) is 25.0 Å². The molecular weight excluding hydrogens is 248 g/mol. The third-order valence-corrected chi connectivity index (χ3v) is 4.99. The highest BCUT2D eigenvalue weighted by Crippen LogP contribution is 2.26. The van der Waals surface area contributed by atoms with Gasteiger partial charge in [0.25, 0.3) is 0 Å². The van der Waals surface area contributed by atoms with Crippen LogP contribution in [0.1, 0.15) is 46.0 Å². The van der Waals surface area contributed by atoms with Gasteiger partial charge in [-0.3, -0.25) is 0 Å². The van der Waals surface area contributed by atoms with Gasteiger partial charge >= 0.3 is 0 Å². The molecule has 1 aliphatic rings. The second-order valence-corrected chi connectivity index (χ2v) is 6.92. The van der Waals surface area contributed by atoms with Crippen LogP contribution in [0.15, 0.2) is 5.16 Å². The van der Waals surface area contributed by atoms with Gasteiger partial charge < -0.3 is 15.7 Å². The van der Waals surface area contributed by atoms with Gasteiger partial charge in [0.2, 0.25) is 0 Å². The predicted molar refractivity (Wildman–Crippen MR) is 77.3 cm³/mol. The van der Waals surface area contributed by atoms with Gasteiger partial charge in [0, 0.05) is 23.9 Å². The highest BCUT2D eigenvalue weighted by Gasteiger charge is 2.22. The average Bonchev–Trinajstić information content (AvgIpc) is 2.38. The molecule has 0 unspecified atom stereocenters. The second kappa shape index (κ2) is 7.89. The number of thioether (sulfide) groups is 1. The van der Waals surface area contributed by atoms with Crippen molar-refractivity contribution in [3.05, 3.63) is 0 Å². The fourth-order valence-corrected chi connectivity index (χ4v) is 3.25. The molecule has 0 aromatic carbocycles. The van der Waals surface area contributed by atoms with E-state index in [1.54, 1.807) is 0 Å². The summed E-state index contributed by atoms with van der Waals surface area (Å²) in [5, 5.41) is 12.6. The minimum Gasteiger partial charge on any atom is -0.409 e. The number of oxime groups is 1. The molecule has 0 saturated carbocycles. The summed E-state index contributed by atoms with van der Waals surface area (Å²) in [6.45, 7) is 5.89. The summed E-state index contributed by atoms with van der Waals surface area (Å²) in [6, 6.07) is 0. The van der Waals surface area contributed by atoms with Crippen molar-refractivity contribution in [2.45, 2.75) is 51.2 Å². The smallest absolute Gasteiger partial charge is 0.144 e. The molecule has 1 aliphatic heterocycles. The Morgan fingerprint density at radius 1 is 1.39 bits per heavy atom. The van der Waals surface area contributed by atoms with E-state index in [1.807, 2.05) is 13.8 Å². The van der Waals surface area contributed by atoms with Gasteiger partial charge in [-0.1, -0.05) is 25.4 Å². The Bertz CT molecular complexity index is 264. The second-order valence-electron chi connectivity index (χ2n) is 5.51. The Hall–Kier alpha value is -0.420. The van der Waals surface area contributed by atoms with Gasteiger partial charge in [-0.25, -0.2) is 0 Å². The van der Waals surface area contributed by atoms with Crippen molar-refractivity contribution in [2.24, 2.45) is 16.3 Å². The Morgan fingerprint density at radius 3 is 2.67 bits per heavy atom. The number of rotatable bonds is 7. The monoisotopic (exact) mass is 274 g/mol. The number of hydrogen-bond acceptors (Lipinski definition) is 4. The third kappa shape index (κ3) is 5.48. The lowest BCUT2D eigenvalue weighted by molar-refractivity contribution is 0.100. The highest BCUT2D eigenvalue weighted by molar-refractivity contribution is 7.99. The van der Waals surface area contributed by atoms with E-state index in [0.717, 1.165) is 31.3 Å². The third-order valence-electron chi connectivity index (χ3n) is 3.52. The van der Waals surface area contributed by atoms with E-state index in [-0.39, 0.29) is 5.41 Å². The van der Waals surface area contributed by atoms with Gasteiger partial charge in [0.1, 0.15) is 5.84 Å². The zero-order valence-electron chi connectivity index (χ0n) is 11.5. The van der Waals surface area contributed by atoms with E-state index >= 15 is 0 Å². The summed E-state index contributed by atoms with van der Waals surface area (Å²) in [5.41, 5.74) is 5.47. The fraction of sp³-hybridized carbons (Fsp3) is 0.923. The number of hydrogen-bond donors (Lipinski definition) is 2. The molecule has 0 aromatic rings.